The molecule has 0 aliphatic carbocycles. The Morgan fingerprint density at radius 1 is 1.08 bits per heavy atom. The Labute approximate surface area is 153 Å². The van der Waals surface area contributed by atoms with Crippen LogP contribution in [0.4, 0.5) is 5.69 Å². The summed E-state index contributed by atoms with van der Waals surface area (Å²) < 4.78 is 11.5. The number of aryl methyl sites for hydroxylation is 2. The second-order valence-electron chi connectivity index (χ2n) is 6.42. The van der Waals surface area contributed by atoms with Crippen LogP contribution in [0.15, 0.2) is 30.3 Å². The molecular formula is C20H24N2O4. The van der Waals surface area contributed by atoms with E-state index in [9.17, 15) is 9.59 Å². The van der Waals surface area contributed by atoms with Crippen molar-refractivity contribution in [2.75, 3.05) is 12.4 Å². The SMILES string of the molecule is COc1ccc(Oc2c(C)cc(NC(=O)C(N)=O)cc2C)cc1C(C)C. The number of rotatable bonds is 5. The van der Waals surface area contributed by atoms with Crippen LogP contribution in [0.2, 0.25) is 0 Å². The lowest BCUT2D eigenvalue weighted by molar-refractivity contribution is -0.134. The van der Waals surface area contributed by atoms with Gasteiger partial charge in [-0.1, -0.05) is 13.8 Å². The number of amides is 2. The van der Waals surface area contributed by atoms with E-state index in [0.29, 0.717) is 23.1 Å². The van der Waals surface area contributed by atoms with Crippen LogP contribution in [0, 0.1) is 13.8 Å². The van der Waals surface area contributed by atoms with Crippen LogP contribution in [0.1, 0.15) is 36.5 Å². The number of primary amides is 1. The summed E-state index contributed by atoms with van der Waals surface area (Å²) in [6.07, 6.45) is 0. The summed E-state index contributed by atoms with van der Waals surface area (Å²) in [5.74, 6) is 0.637. The smallest absolute Gasteiger partial charge is 0.313 e. The van der Waals surface area contributed by atoms with Crippen LogP contribution in [0.5, 0.6) is 17.2 Å². The molecule has 0 bridgehead atoms. The van der Waals surface area contributed by atoms with Gasteiger partial charge >= 0.3 is 11.8 Å². The number of benzene rings is 2. The van der Waals surface area contributed by atoms with Crippen molar-refractivity contribution in [1.29, 1.82) is 0 Å². The topological polar surface area (TPSA) is 90.7 Å². The van der Waals surface area contributed by atoms with Gasteiger partial charge in [-0.3, -0.25) is 9.59 Å². The standard InChI is InChI=1S/C20H24N2O4/c1-11(2)16-10-15(6-7-17(16)25-5)26-18-12(3)8-14(9-13(18)4)22-20(24)19(21)23/h6-11H,1-5H3,(H2,21,23)(H,22,24). The fraction of sp³-hybridized carbons (Fsp3) is 0.300. The Balaban J connectivity index is 2.31. The molecule has 0 saturated heterocycles. The molecule has 0 aliphatic heterocycles. The van der Waals surface area contributed by atoms with Crippen molar-refractivity contribution < 1.29 is 19.1 Å². The Hall–Kier alpha value is -3.02. The largest absolute Gasteiger partial charge is 0.496 e. The highest BCUT2D eigenvalue weighted by Gasteiger charge is 2.14. The number of methoxy groups -OCH3 is 1. The van der Waals surface area contributed by atoms with Gasteiger partial charge in [0.1, 0.15) is 17.2 Å². The monoisotopic (exact) mass is 356 g/mol. The van der Waals surface area contributed by atoms with Crippen molar-refractivity contribution in [3.8, 4) is 17.2 Å². The van der Waals surface area contributed by atoms with E-state index in [1.807, 2.05) is 32.0 Å². The predicted molar refractivity (Wildman–Crippen MR) is 101 cm³/mol. The van der Waals surface area contributed by atoms with Crippen molar-refractivity contribution in [3.63, 3.8) is 0 Å². The fourth-order valence-corrected chi connectivity index (χ4v) is 2.72. The summed E-state index contributed by atoms with van der Waals surface area (Å²) in [5, 5.41) is 2.47. The lowest BCUT2D eigenvalue weighted by Gasteiger charge is -2.17. The lowest BCUT2D eigenvalue weighted by atomic mass is 10.0. The van der Waals surface area contributed by atoms with Crippen LogP contribution in [0.3, 0.4) is 0 Å². The van der Waals surface area contributed by atoms with E-state index in [4.69, 9.17) is 15.2 Å². The van der Waals surface area contributed by atoms with Crippen LogP contribution in [0.25, 0.3) is 0 Å². The molecule has 0 saturated carbocycles. The number of hydrogen-bond acceptors (Lipinski definition) is 4. The second-order valence-corrected chi connectivity index (χ2v) is 6.42. The molecule has 0 aliphatic rings. The summed E-state index contributed by atoms with van der Waals surface area (Å²) in [5.41, 5.74) is 8.17. The van der Waals surface area contributed by atoms with Gasteiger partial charge in [-0.25, -0.2) is 0 Å². The molecule has 6 nitrogen and oxygen atoms in total. The van der Waals surface area contributed by atoms with Gasteiger partial charge in [0.25, 0.3) is 0 Å². The number of nitrogens with one attached hydrogen (secondary N) is 1. The van der Waals surface area contributed by atoms with Crippen LogP contribution >= 0.6 is 0 Å². The number of hydrogen-bond donors (Lipinski definition) is 2. The first-order valence-corrected chi connectivity index (χ1v) is 8.30. The summed E-state index contributed by atoms with van der Waals surface area (Å²) in [4.78, 5) is 22.3. The Kier molecular flexibility index (Phi) is 5.87. The molecule has 6 heteroatoms. The van der Waals surface area contributed by atoms with Crippen molar-refractivity contribution in [2.45, 2.75) is 33.6 Å². The predicted octanol–water partition coefficient (Wildman–Crippen LogP) is 3.65. The third-order valence-corrected chi connectivity index (χ3v) is 3.99. The molecule has 2 rings (SSSR count). The zero-order chi connectivity index (χ0) is 19.4. The van der Waals surface area contributed by atoms with Gasteiger partial charge in [0.05, 0.1) is 7.11 Å². The summed E-state index contributed by atoms with van der Waals surface area (Å²) in [6, 6.07) is 9.17. The third kappa shape index (κ3) is 4.33. The molecule has 0 spiro atoms. The molecule has 2 aromatic carbocycles. The molecular weight excluding hydrogens is 332 g/mol. The molecule has 0 fully saturated rings. The van der Waals surface area contributed by atoms with E-state index in [1.54, 1.807) is 19.2 Å². The van der Waals surface area contributed by atoms with Crippen molar-refractivity contribution >= 4 is 17.5 Å². The molecule has 0 heterocycles. The van der Waals surface area contributed by atoms with Gasteiger partial charge in [-0.15, -0.1) is 0 Å². The number of carbonyl (C=O) groups is 2. The maximum Gasteiger partial charge on any atom is 0.313 e. The van der Waals surface area contributed by atoms with Gasteiger partial charge < -0.3 is 20.5 Å². The van der Waals surface area contributed by atoms with Gasteiger partial charge in [0.15, 0.2) is 0 Å². The van der Waals surface area contributed by atoms with Gasteiger partial charge in [-0.05, 0) is 61.2 Å². The van der Waals surface area contributed by atoms with Crippen LogP contribution in [-0.2, 0) is 9.59 Å². The molecule has 2 amide bonds. The highest BCUT2D eigenvalue weighted by atomic mass is 16.5. The summed E-state index contributed by atoms with van der Waals surface area (Å²) >= 11 is 0. The van der Waals surface area contributed by atoms with Crippen molar-refractivity contribution in [3.05, 3.63) is 47.0 Å². The molecule has 2 aromatic rings. The first kappa shape index (κ1) is 19.3. The minimum Gasteiger partial charge on any atom is -0.496 e. The Bertz CT molecular complexity index is 821. The van der Waals surface area contributed by atoms with Gasteiger partial charge in [-0.2, -0.15) is 0 Å². The van der Waals surface area contributed by atoms with Crippen LogP contribution < -0.4 is 20.5 Å². The Morgan fingerprint density at radius 2 is 1.69 bits per heavy atom. The zero-order valence-electron chi connectivity index (χ0n) is 15.7. The van der Waals surface area contributed by atoms with Crippen molar-refractivity contribution in [1.82, 2.24) is 0 Å². The van der Waals surface area contributed by atoms with Gasteiger partial charge in [0.2, 0.25) is 0 Å². The fourth-order valence-electron chi connectivity index (χ4n) is 2.72. The quantitative estimate of drug-likeness (QED) is 0.800. The molecule has 138 valence electrons. The third-order valence-electron chi connectivity index (χ3n) is 3.99. The first-order valence-electron chi connectivity index (χ1n) is 8.30. The second kappa shape index (κ2) is 7.91. The molecule has 26 heavy (non-hydrogen) atoms. The maximum atomic E-state index is 11.4. The minimum absolute atomic E-state index is 0.294. The molecule has 0 atom stereocenters. The molecule has 0 radical (unpaired) electrons. The number of ether oxygens (including phenoxy) is 2. The van der Waals surface area contributed by atoms with Crippen molar-refractivity contribution in [2.24, 2.45) is 5.73 Å². The van der Waals surface area contributed by atoms with E-state index in [-0.39, 0.29) is 0 Å². The van der Waals surface area contributed by atoms with Gasteiger partial charge in [0, 0.05) is 11.3 Å². The molecule has 0 aromatic heterocycles. The highest BCUT2D eigenvalue weighted by Crippen LogP contribution is 2.35. The lowest BCUT2D eigenvalue weighted by Crippen LogP contribution is -2.29. The maximum absolute atomic E-state index is 11.4. The first-order chi connectivity index (χ1) is 12.2. The Morgan fingerprint density at radius 3 is 2.19 bits per heavy atom. The van der Waals surface area contributed by atoms with E-state index < -0.39 is 11.8 Å². The van der Waals surface area contributed by atoms with E-state index in [1.165, 1.54) is 0 Å². The zero-order valence-corrected chi connectivity index (χ0v) is 15.7. The summed E-state index contributed by atoms with van der Waals surface area (Å²) in [7, 11) is 1.65. The minimum atomic E-state index is -1.03. The number of carbonyl (C=O) groups excluding carboxylic acids is 2. The van der Waals surface area contributed by atoms with E-state index >= 15 is 0 Å². The summed E-state index contributed by atoms with van der Waals surface area (Å²) in [6.45, 7) is 7.92. The molecule has 3 N–H and O–H groups in total. The number of anilines is 1. The van der Waals surface area contributed by atoms with Crippen LogP contribution in [-0.4, -0.2) is 18.9 Å². The van der Waals surface area contributed by atoms with E-state index in [0.717, 1.165) is 22.4 Å². The normalized spacial score (nSPS) is 10.5. The highest BCUT2D eigenvalue weighted by molar-refractivity contribution is 6.39. The van der Waals surface area contributed by atoms with E-state index in [2.05, 4.69) is 19.2 Å². The molecule has 0 unspecified atom stereocenters. The number of nitrogens with two attached hydrogens (primary N) is 1. The average molecular weight is 356 g/mol. The average Bonchev–Trinajstić information content (AvgIpc) is 2.57.